The lowest BCUT2D eigenvalue weighted by molar-refractivity contribution is 0.354. The van der Waals surface area contributed by atoms with Crippen molar-refractivity contribution in [3.8, 4) is 5.75 Å². The van der Waals surface area contributed by atoms with Gasteiger partial charge in [-0.25, -0.2) is 9.37 Å². The molecule has 1 aromatic heterocycles. The van der Waals surface area contributed by atoms with Crippen molar-refractivity contribution in [3.63, 3.8) is 0 Å². The minimum Gasteiger partial charge on any atom is -0.492 e. The topological polar surface area (TPSA) is 85.1 Å². The van der Waals surface area contributed by atoms with Crippen molar-refractivity contribution < 1.29 is 9.13 Å². The van der Waals surface area contributed by atoms with Crippen LogP contribution in [0, 0.1) is 12.7 Å². The van der Waals surface area contributed by atoms with Gasteiger partial charge in [-0.2, -0.15) is 4.98 Å². The lowest BCUT2D eigenvalue weighted by Gasteiger charge is -2.21. The predicted molar refractivity (Wildman–Crippen MR) is 105 cm³/mol. The second kappa shape index (κ2) is 7.15. The van der Waals surface area contributed by atoms with Crippen molar-refractivity contribution in [1.29, 1.82) is 0 Å². The number of fused-ring (bicyclic) bond motifs is 1. The zero-order valence-corrected chi connectivity index (χ0v) is 15.6. The van der Waals surface area contributed by atoms with Crippen LogP contribution >= 0.6 is 0 Å². The Kier molecular flexibility index (Phi) is 4.70. The van der Waals surface area contributed by atoms with Crippen molar-refractivity contribution in [2.45, 2.75) is 38.6 Å². The Balaban J connectivity index is 1.76. The van der Waals surface area contributed by atoms with Crippen LogP contribution in [-0.2, 0) is 6.42 Å². The molecule has 6 nitrogen and oxygen atoms in total. The molecule has 4 N–H and O–H groups in total. The summed E-state index contributed by atoms with van der Waals surface area (Å²) in [6, 6.07) is 3.79. The normalized spacial score (nSPS) is 18.5. The molecule has 2 aliphatic rings. The highest BCUT2D eigenvalue weighted by Gasteiger charge is 2.27. The highest BCUT2D eigenvalue weighted by atomic mass is 19.1. The summed E-state index contributed by atoms with van der Waals surface area (Å²) in [4.78, 5) is 8.74. The molecule has 0 bridgehead atoms. The zero-order chi connectivity index (χ0) is 19.0. The average Bonchev–Trinajstić information content (AvgIpc) is 3.11. The SMILES string of the molecule is CNc1cc(C)nc(Nc2cc3c(c(C4=CC[C@H](N)CC4)c2F)OCC3)n1. The van der Waals surface area contributed by atoms with E-state index >= 15 is 4.39 Å². The third-order valence-electron chi connectivity index (χ3n) is 5.04. The van der Waals surface area contributed by atoms with Gasteiger partial charge in [0.05, 0.1) is 17.9 Å². The van der Waals surface area contributed by atoms with E-state index in [4.69, 9.17) is 10.5 Å². The van der Waals surface area contributed by atoms with E-state index in [9.17, 15) is 0 Å². The van der Waals surface area contributed by atoms with Gasteiger partial charge in [-0.3, -0.25) is 0 Å². The minimum absolute atomic E-state index is 0.146. The van der Waals surface area contributed by atoms with Crippen LogP contribution in [0.5, 0.6) is 5.75 Å². The first-order valence-electron chi connectivity index (χ1n) is 9.28. The van der Waals surface area contributed by atoms with E-state index in [0.717, 1.165) is 42.5 Å². The van der Waals surface area contributed by atoms with Gasteiger partial charge >= 0.3 is 0 Å². The number of hydrogen-bond donors (Lipinski definition) is 3. The van der Waals surface area contributed by atoms with Crippen LogP contribution in [0.15, 0.2) is 18.2 Å². The first-order chi connectivity index (χ1) is 13.0. The van der Waals surface area contributed by atoms with Gasteiger partial charge in [0.2, 0.25) is 5.95 Å². The molecule has 1 aliphatic carbocycles. The number of rotatable bonds is 4. The molecule has 0 saturated heterocycles. The summed E-state index contributed by atoms with van der Waals surface area (Å²) < 4.78 is 21.3. The quantitative estimate of drug-likeness (QED) is 0.764. The molecule has 142 valence electrons. The number of halogens is 1. The molecular weight excluding hydrogens is 345 g/mol. The summed E-state index contributed by atoms with van der Waals surface area (Å²) in [5.41, 5.74) is 9.70. The summed E-state index contributed by atoms with van der Waals surface area (Å²) >= 11 is 0. The molecule has 2 aromatic rings. The molecule has 1 atom stereocenters. The Morgan fingerprint density at radius 3 is 2.85 bits per heavy atom. The first kappa shape index (κ1) is 17.7. The Labute approximate surface area is 158 Å². The molecular formula is C20H24FN5O. The minimum atomic E-state index is -0.325. The highest BCUT2D eigenvalue weighted by Crippen LogP contribution is 2.42. The number of nitrogens with two attached hydrogens (primary N) is 1. The van der Waals surface area contributed by atoms with Crippen molar-refractivity contribution in [2.75, 3.05) is 24.3 Å². The standard InChI is InChI=1S/C20H24FN5O/c1-11-9-16(23-2)26-20(24-11)25-15-10-13-7-8-27-19(13)17(18(15)21)12-3-5-14(22)6-4-12/h3,9-10,14H,4-8,22H2,1-2H3,(H2,23,24,25,26)/t14-/m0/s1. The van der Waals surface area contributed by atoms with E-state index in [-0.39, 0.29) is 11.9 Å². The predicted octanol–water partition coefficient (Wildman–Crippen LogP) is 3.54. The number of allylic oxidation sites excluding steroid dienone is 1. The molecule has 1 aliphatic heterocycles. The molecule has 0 spiro atoms. The molecule has 0 amide bonds. The zero-order valence-electron chi connectivity index (χ0n) is 15.6. The van der Waals surface area contributed by atoms with E-state index in [2.05, 4.69) is 20.6 Å². The van der Waals surface area contributed by atoms with Gasteiger partial charge < -0.3 is 21.1 Å². The smallest absolute Gasteiger partial charge is 0.229 e. The maximum Gasteiger partial charge on any atom is 0.229 e. The second-order valence-corrected chi connectivity index (χ2v) is 7.06. The summed E-state index contributed by atoms with van der Waals surface area (Å²) in [5, 5.41) is 6.05. The van der Waals surface area contributed by atoms with Crippen molar-refractivity contribution in [3.05, 3.63) is 40.8 Å². The number of aryl methyl sites for hydroxylation is 1. The molecule has 4 rings (SSSR count). The lowest BCUT2D eigenvalue weighted by atomic mass is 9.89. The van der Waals surface area contributed by atoms with Crippen LogP contribution < -0.4 is 21.1 Å². The van der Waals surface area contributed by atoms with Crippen LogP contribution in [0.3, 0.4) is 0 Å². The highest BCUT2D eigenvalue weighted by molar-refractivity contribution is 5.78. The van der Waals surface area contributed by atoms with Crippen LogP contribution in [0.4, 0.5) is 21.8 Å². The molecule has 2 heterocycles. The largest absolute Gasteiger partial charge is 0.492 e. The molecule has 7 heteroatoms. The number of nitrogens with one attached hydrogen (secondary N) is 2. The summed E-state index contributed by atoms with van der Waals surface area (Å²) in [6.45, 7) is 2.45. The van der Waals surface area contributed by atoms with Gasteiger partial charge in [-0.05, 0) is 37.8 Å². The van der Waals surface area contributed by atoms with Crippen LogP contribution in [0.25, 0.3) is 5.57 Å². The molecule has 0 radical (unpaired) electrons. The number of anilines is 3. The fourth-order valence-corrected chi connectivity index (χ4v) is 3.64. The number of hydrogen-bond acceptors (Lipinski definition) is 6. The Morgan fingerprint density at radius 1 is 1.26 bits per heavy atom. The van der Waals surface area contributed by atoms with Crippen molar-refractivity contribution >= 4 is 23.0 Å². The Morgan fingerprint density at radius 2 is 2.11 bits per heavy atom. The molecule has 27 heavy (non-hydrogen) atoms. The molecule has 0 unspecified atom stereocenters. The summed E-state index contributed by atoms with van der Waals surface area (Å²) in [7, 11) is 1.79. The van der Waals surface area contributed by atoms with Crippen LogP contribution in [-0.4, -0.2) is 29.7 Å². The van der Waals surface area contributed by atoms with Crippen LogP contribution in [0.1, 0.15) is 36.1 Å². The maximum absolute atomic E-state index is 15.5. The monoisotopic (exact) mass is 369 g/mol. The molecule has 0 fully saturated rings. The number of aromatic nitrogens is 2. The number of nitrogens with zero attached hydrogens (tertiary/aromatic N) is 2. The Hall–Kier alpha value is -2.67. The summed E-state index contributed by atoms with van der Waals surface area (Å²) in [6.07, 6.45) is 5.17. The summed E-state index contributed by atoms with van der Waals surface area (Å²) in [5.74, 6) is 1.39. The van der Waals surface area contributed by atoms with E-state index < -0.39 is 0 Å². The van der Waals surface area contributed by atoms with Gasteiger partial charge in [0.1, 0.15) is 11.6 Å². The van der Waals surface area contributed by atoms with E-state index in [1.54, 1.807) is 13.1 Å². The second-order valence-electron chi connectivity index (χ2n) is 7.06. The van der Waals surface area contributed by atoms with Gasteiger partial charge in [-0.1, -0.05) is 6.08 Å². The number of ether oxygens (including phenoxy) is 1. The first-order valence-corrected chi connectivity index (χ1v) is 9.28. The fraction of sp³-hybridized carbons (Fsp3) is 0.400. The third kappa shape index (κ3) is 3.47. The van der Waals surface area contributed by atoms with E-state index in [0.29, 0.717) is 35.4 Å². The fourth-order valence-electron chi connectivity index (χ4n) is 3.64. The van der Waals surface area contributed by atoms with Gasteiger partial charge in [-0.15, -0.1) is 0 Å². The molecule has 0 saturated carbocycles. The van der Waals surface area contributed by atoms with Crippen molar-refractivity contribution in [1.82, 2.24) is 9.97 Å². The molecule has 1 aromatic carbocycles. The van der Waals surface area contributed by atoms with Crippen LogP contribution in [0.2, 0.25) is 0 Å². The third-order valence-corrected chi connectivity index (χ3v) is 5.04. The Bertz CT molecular complexity index is 912. The average molecular weight is 369 g/mol. The van der Waals surface area contributed by atoms with E-state index in [1.165, 1.54) is 0 Å². The maximum atomic E-state index is 15.5. The van der Waals surface area contributed by atoms with Gasteiger partial charge in [0.25, 0.3) is 0 Å². The van der Waals surface area contributed by atoms with E-state index in [1.807, 2.05) is 19.1 Å². The van der Waals surface area contributed by atoms with Crippen molar-refractivity contribution in [2.24, 2.45) is 5.73 Å². The number of benzene rings is 1. The van der Waals surface area contributed by atoms with Gasteiger partial charge in [0.15, 0.2) is 5.82 Å². The lowest BCUT2D eigenvalue weighted by Crippen LogP contribution is -2.21. The van der Waals surface area contributed by atoms with Gasteiger partial charge in [0, 0.05) is 36.8 Å².